The molecular weight excluding hydrogens is 370 g/mol. The highest BCUT2D eigenvalue weighted by molar-refractivity contribution is 9.11. The molecule has 0 heterocycles. The summed E-state index contributed by atoms with van der Waals surface area (Å²) < 4.78 is 1.05. The third kappa shape index (κ3) is 3.66. The minimum atomic E-state index is -2.82. The van der Waals surface area contributed by atoms with Gasteiger partial charge >= 0.3 is 0 Å². The molecule has 0 spiro atoms. The summed E-state index contributed by atoms with van der Waals surface area (Å²) in [6, 6.07) is 3.38. The molecule has 102 valence electrons. The van der Waals surface area contributed by atoms with Gasteiger partial charge in [0.05, 0.1) is 14.5 Å². The first-order valence-electron chi connectivity index (χ1n) is 5.13. The lowest BCUT2D eigenvalue weighted by Gasteiger charge is -2.34. The summed E-state index contributed by atoms with van der Waals surface area (Å²) in [4.78, 5) is 0. The van der Waals surface area contributed by atoms with Gasteiger partial charge in [0.1, 0.15) is 5.75 Å². The van der Waals surface area contributed by atoms with Gasteiger partial charge in [-0.3, -0.25) is 0 Å². The fraction of sp³-hybridized carbons (Fsp3) is 0.455. The quantitative estimate of drug-likeness (QED) is 0.506. The number of hydrogen-bond acceptors (Lipinski definition) is 5. The molecule has 18 heavy (non-hydrogen) atoms. The maximum atomic E-state index is 9.55. The molecule has 0 fully saturated rings. The van der Waals surface area contributed by atoms with E-state index in [-0.39, 0.29) is 12.3 Å². The highest BCUT2D eigenvalue weighted by Crippen LogP contribution is 2.33. The summed E-state index contributed by atoms with van der Waals surface area (Å²) in [5, 5.41) is 39.9. The normalized spacial score (nSPS) is 12.8. The Hall–Kier alpha value is -0.180. The molecule has 0 saturated carbocycles. The Morgan fingerprint density at radius 1 is 1.11 bits per heavy atom. The van der Waals surface area contributed by atoms with Crippen molar-refractivity contribution in [1.29, 1.82) is 0 Å². The van der Waals surface area contributed by atoms with Gasteiger partial charge in [-0.15, -0.1) is 0 Å². The van der Waals surface area contributed by atoms with Gasteiger partial charge < -0.3 is 25.7 Å². The van der Waals surface area contributed by atoms with Gasteiger partial charge in [0.2, 0.25) is 0 Å². The SMILES string of the molecule is CC(C)(NCc1cc(Br)c(O)c(Br)c1)C(O)(O)O. The minimum Gasteiger partial charge on any atom is -0.506 e. The number of halogens is 2. The minimum absolute atomic E-state index is 0.0961. The molecule has 1 aromatic rings. The lowest BCUT2D eigenvalue weighted by Crippen LogP contribution is -2.58. The number of aliphatic hydroxyl groups is 3. The van der Waals surface area contributed by atoms with Gasteiger partial charge in [-0.25, -0.2) is 0 Å². The maximum absolute atomic E-state index is 9.55. The van der Waals surface area contributed by atoms with E-state index in [0.29, 0.717) is 8.95 Å². The van der Waals surface area contributed by atoms with Gasteiger partial charge in [0.15, 0.2) is 0 Å². The van der Waals surface area contributed by atoms with Crippen LogP contribution in [0, 0.1) is 0 Å². The predicted octanol–water partition coefficient (Wildman–Crippen LogP) is 1.42. The summed E-state index contributed by atoms with van der Waals surface area (Å²) in [5.41, 5.74) is -0.506. The first-order chi connectivity index (χ1) is 8.04. The second-order valence-electron chi connectivity index (χ2n) is 4.52. The van der Waals surface area contributed by atoms with Crippen molar-refractivity contribution in [2.45, 2.75) is 31.9 Å². The smallest absolute Gasteiger partial charge is 0.294 e. The number of rotatable bonds is 4. The fourth-order valence-electron chi connectivity index (χ4n) is 1.16. The summed E-state index contributed by atoms with van der Waals surface area (Å²) in [5.74, 6) is -2.72. The number of hydrogen-bond donors (Lipinski definition) is 5. The Morgan fingerprint density at radius 2 is 1.56 bits per heavy atom. The molecule has 0 aliphatic carbocycles. The van der Waals surface area contributed by atoms with Crippen molar-refractivity contribution in [3.8, 4) is 5.75 Å². The van der Waals surface area contributed by atoms with Crippen LogP contribution in [0.3, 0.4) is 0 Å². The average Bonchev–Trinajstić information content (AvgIpc) is 2.21. The molecule has 0 amide bonds. The van der Waals surface area contributed by atoms with E-state index in [1.807, 2.05) is 0 Å². The molecular formula is C11H15Br2NO4. The third-order valence-corrected chi connectivity index (χ3v) is 3.86. The van der Waals surface area contributed by atoms with Crippen molar-refractivity contribution in [3.05, 3.63) is 26.6 Å². The van der Waals surface area contributed by atoms with Crippen LogP contribution in [-0.2, 0) is 6.54 Å². The van der Waals surface area contributed by atoms with Gasteiger partial charge in [-0.05, 0) is 63.4 Å². The van der Waals surface area contributed by atoms with E-state index in [9.17, 15) is 5.11 Å². The highest BCUT2D eigenvalue weighted by Gasteiger charge is 2.40. The van der Waals surface area contributed by atoms with Crippen LogP contribution in [0.4, 0.5) is 0 Å². The zero-order chi connectivity index (χ0) is 14.1. The molecule has 0 bridgehead atoms. The Morgan fingerprint density at radius 3 is 1.94 bits per heavy atom. The van der Waals surface area contributed by atoms with E-state index in [1.54, 1.807) is 12.1 Å². The van der Waals surface area contributed by atoms with E-state index < -0.39 is 11.5 Å². The summed E-state index contributed by atoms with van der Waals surface area (Å²) in [6.45, 7) is 3.20. The molecule has 5 N–H and O–H groups in total. The van der Waals surface area contributed by atoms with Crippen LogP contribution in [0.5, 0.6) is 5.75 Å². The Labute approximate surface area is 122 Å². The zero-order valence-corrected chi connectivity index (χ0v) is 13.1. The van der Waals surface area contributed by atoms with Crippen LogP contribution in [0.25, 0.3) is 0 Å². The number of aromatic hydroxyl groups is 1. The van der Waals surface area contributed by atoms with Gasteiger partial charge in [0, 0.05) is 6.54 Å². The summed E-state index contributed by atoms with van der Waals surface area (Å²) >= 11 is 6.40. The topological polar surface area (TPSA) is 93.0 Å². The van der Waals surface area contributed by atoms with E-state index in [1.165, 1.54) is 13.8 Å². The Balaban J connectivity index is 2.82. The molecule has 1 rings (SSSR count). The second kappa shape index (κ2) is 5.44. The summed E-state index contributed by atoms with van der Waals surface area (Å²) in [7, 11) is 0. The van der Waals surface area contributed by atoms with Crippen LogP contribution >= 0.6 is 31.9 Å². The molecule has 0 radical (unpaired) electrons. The lowest BCUT2D eigenvalue weighted by atomic mass is 10.0. The molecule has 5 nitrogen and oxygen atoms in total. The second-order valence-corrected chi connectivity index (χ2v) is 6.23. The standard InChI is InChI=1S/C11H15Br2NO4/c1-10(2,11(16,17)18)14-5-6-3-7(12)9(15)8(13)4-6/h3-4,14-18H,5H2,1-2H3. The van der Waals surface area contributed by atoms with Crippen molar-refractivity contribution < 1.29 is 20.4 Å². The molecule has 0 unspecified atom stereocenters. The van der Waals surface area contributed by atoms with Crippen LogP contribution in [0.1, 0.15) is 19.4 Å². The third-order valence-electron chi connectivity index (χ3n) is 2.65. The highest BCUT2D eigenvalue weighted by atomic mass is 79.9. The monoisotopic (exact) mass is 383 g/mol. The largest absolute Gasteiger partial charge is 0.506 e. The van der Waals surface area contributed by atoms with Crippen molar-refractivity contribution in [1.82, 2.24) is 5.32 Å². The summed E-state index contributed by atoms with van der Waals surface area (Å²) in [6.07, 6.45) is 0. The van der Waals surface area contributed by atoms with Crippen molar-refractivity contribution in [2.24, 2.45) is 0 Å². The molecule has 0 aliphatic rings. The van der Waals surface area contributed by atoms with E-state index >= 15 is 0 Å². The van der Waals surface area contributed by atoms with Crippen molar-refractivity contribution in [2.75, 3.05) is 0 Å². The zero-order valence-electron chi connectivity index (χ0n) is 9.91. The number of nitrogens with one attached hydrogen (secondary N) is 1. The van der Waals surface area contributed by atoms with Gasteiger partial charge in [-0.2, -0.15) is 0 Å². The van der Waals surface area contributed by atoms with Crippen LogP contribution in [0.15, 0.2) is 21.1 Å². The van der Waals surface area contributed by atoms with E-state index in [4.69, 9.17) is 15.3 Å². The van der Waals surface area contributed by atoms with Crippen LogP contribution in [-0.4, -0.2) is 31.9 Å². The molecule has 0 aliphatic heterocycles. The van der Waals surface area contributed by atoms with E-state index in [0.717, 1.165) is 5.56 Å². The number of phenols is 1. The van der Waals surface area contributed by atoms with Crippen molar-refractivity contribution in [3.63, 3.8) is 0 Å². The molecule has 0 saturated heterocycles. The van der Waals surface area contributed by atoms with Crippen LogP contribution < -0.4 is 5.32 Å². The van der Waals surface area contributed by atoms with Gasteiger partial charge in [0.25, 0.3) is 5.97 Å². The first-order valence-corrected chi connectivity index (χ1v) is 6.72. The molecule has 0 aromatic heterocycles. The predicted molar refractivity (Wildman–Crippen MR) is 73.8 cm³/mol. The number of phenolic OH excluding ortho intramolecular Hbond substituents is 1. The Bertz CT molecular complexity index is 420. The maximum Gasteiger partial charge on any atom is 0.294 e. The first kappa shape index (κ1) is 15.9. The average molecular weight is 385 g/mol. The molecule has 7 heteroatoms. The molecule has 1 aromatic carbocycles. The number of benzene rings is 1. The van der Waals surface area contributed by atoms with Gasteiger partial charge in [-0.1, -0.05) is 0 Å². The molecule has 0 atom stereocenters. The van der Waals surface area contributed by atoms with Crippen LogP contribution in [0.2, 0.25) is 0 Å². The Kier molecular flexibility index (Phi) is 4.80. The van der Waals surface area contributed by atoms with Crippen molar-refractivity contribution >= 4 is 31.9 Å². The fourth-order valence-corrected chi connectivity index (χ4v) is 2.44. The van der Waals surface area contributed by atoms with E-state index in [2.05, 4.69) is 37.2 Å². The lowest BCUT2D eigenvalue weighted by molar-refractivity contribution is -0.348.